The predicted molar refractivity (Wildman–Crippen MR) is 118 cm³/mol. The molecule has 162 valence electrons. The van der Waals surface area contributed by atoms with E-state index >= 15 is 0 Å². The maximum absolute atomic E-state index is 13.0. The SMILES string of the molecule is C[C@@H]1CCCCN1S(=O)(=O)c1cccc(C(=O)OCc2csc(-c3ccccn3)n2)c1. The summed E-state index contributed by atoms with van der Waals surface area (Å²) in [6.07, 6.45) is 4.41. The van der Waals surface area contributed by atoms with Crippen molar-refractivity contribution in [2.24, 2.45) is 0 Å². The quantitative estimate of drug-likeness (QED) is 0.517. The van der Waals surface area contributed by atoms with E-state index in [0.29, 0.717) is 12.2 Å². The Balaban J connectivity index is 1.45. The van der Waals surface area contributed by atoms with E-state index in [1.54, 1.807) is 18.3 Å². The van der Waals surface area contributed by atoms with Gasteiger partial charge in [0.25, 0.3) is 0 Å². The zero-order valence-corrected chi connectivity index (χ0v) is 18.7. The first-order valence-corrected chi connectivity index (χ1v) is 12.4. The van der Waals surface area contributed by atoms with Crippen LogP contribution in [0.25, 0.3) is 10.7 Å². The number of pyridine rings is 1. The minimum absolute atomic E-state index is 0.00229. The van der Waals surface area contributed by atoms with Crippen LogP contribution in [0.4, 0.5) is 0 Å². The lowest BCUT2D eigenvalue weighted by atomic mass is 10.1. The third kappa shape index (κ3) is 4.84. The van der Waals surface area contributed by atoms with Gasteiger partial charge in [-0.15, -0.1) is 11.3 Å². The molecule has 4 rings (SSSR count). The lowest BCUT2D eigenvalue weighted by Crippen LogP contribution is -2.41. The van der Waals surface area contributed by atoms with Crippen LogP contribution in [0.15, 0.2) is 58.9 Å². The fraction of sp³-hybridized carbons (Fsp3) is 0.318. The summed E-state index contributed by atoms with van der Waals surface area (Å²) in [6, 6.07) is 11.6. The number of aromatic nitrogens is 2. The Morgan fingerprint density at radius 1 is 1.23 bits per heavy atom. The summed E-state index contributed by atoms with van der Waals surface area (Å²) >= 11 is 1.42. The standard InChI is InChI=1S/C22H23N3O4S2/c1-16-7-3-5-12-25(16)31(27,28)19-9-6-8-17(13-19)22(26)29-14-18-15-30-21(24-18)20-10-2-4-11-23-20/h2,4,6,8-11,13,15-16H,3,5,7,12,14H2,1H3/t16-/m1/s1. The van der Waals surface area contributed by atoms with Crippen molar-refractivity contribution >= 4 is 27.3 Å². The highest BCUT2D eigenvalue weighted by atomic mass is 32.2. The summed E-state index contributed by atoms with van der Waals surface area (Å²) in [6.45, 7) is 2.42. The molecule has 0 saturated carbocycles. The Kier molecular flexibility index (Phi) is 6.45. The molecule has 2 aromatic heterocycles. The smallest absolute Gasteiger partial charge is 0.338 e. The van der Waals surface area contributed by atoms with Gasteiger partial charge in [-0.3, -0.25) is 4.98 Å². The molecule has 1 atom stereocenters. The van der Waals surface area contributed by atoms with E-state index in [9.17, 15) is 13.2 Å². The summed E-state index contributed by atoms with van der Waals surface area (Å²) in [4.78, 5) is 21.4. The number of hydrogen-bond donors (Lipinski definition) is 0. The van der Waals surface area contributed by atoms with Crippen molar-refractivity contribution in [1.82, 2.24) is 14.3 Å². The predicted octanol–water partition coefficient (Wildman–Crippen LogP) is 4.13. The van der Waals surface area contributed by atoms with Crippen LogP contribution in [0.2, 0.25) is 0 Å². The van der Waals surface area contributed by atoms with Gasteiger partial charge in [0.05, 0.1) is 21.8 Å². The second-order valence-corrected chi connectivity index (χ2v) is 10.2. The number of esters is 1. The Hall–Kier alpha value is -2.62. The molecule has 7 nitrogen and oxygen atoms in total. The highest BCUT2D eigenvalue weighted by Crippen LogP contribution is 2.26. The molecule has 9 heteroatoms. The fourth-order valence-corrected chi connectivity index (χ4v) is 6.08. The van der Waals surface area contributed by atoms with Crippen LogP contribution in [0.5, 0.6) is 0 Å². The van der Waals surface area contributed by atoms with Crippen molar-refractivity contribution in [3.63, 3.8) is 0 Å². The molecule has 0 N–H and O–H groups in total. The van der Waals surface area contributed by atoms with Crippen LogP contribution < -0.4 is 0 Å². The molecule has 3 heterocycles. The molecule has 0 aliphatic carbocycles. The molecular weight excluding hydrogens is 434 g/mol. The van der Waals surface area contributed by atoms with E-state index in [2.05, 4.69) is 9.97 Å². The molecule has 1 aliphatic heterocycles. The zero-order chi connectivity index (χ0) is 21.8. The van der Waals surface area contributed by atoms with Crippen molar-refractivity contribution in [3.05, 3.63) is 65.3 Å². The minimum atomic E-state index is -3.65. The van der Waals surface area contributed by atoms with Gasteiger partial charge in [0.2, 0.25) is 10.0 Å². The van der Waals surface area contributed by atoms with Gasteiger partial charge in [0, 0.05) is 24.2 Å². The molecular formula is C22H23N3O4S2. The average Bonchev–Trinajstić information content (AvgIpc) is 3.27. The van der Waals surface area contributed by atoms with Gasteiger partial charge in [0.15, 0.2) is 0 Å². The van der Waals surface area contributed by atoms with Crippen LogP contribution in [-0.4, -0.2) is 41.2 Å². The van der Waals surface area contributed by atoms with Gasteiger partial charge in [-0.25, -0.2) is 18.2 Å². The van der Waals surface area contributed by atoms with E-state index in [1.165, 1.54) is 27.8 Å². The molecule has 0 amide bonds. The first-order chi connectivity index (χ1) is 14.9. The number of hydrogen-bond acceptors (Lipinski definition) is 7. The van der Waals surface area contributed by atoms with Gasteiger partial charge in [0.1, 0.15) is 11.6 Å². The molecule has 1 fully saturated rings. The normalized spacial score (nSPS) is 17.4. The number of thiazole rings is 1. The van der Waals surface area contributed by atoms with Crippen molar-refractivity contribution in [2.75, 3.05) is 6.54 Å². The first kappa shape index (κ1) is 21.6. The number of sulfonamides is 1. The van der Waals surface area contributed by atoms with E-state index in [-0.39, 0.29) is 23.1 Å². The molecule has 1 aliphatic rings. The van der Waals surface area contributed by atoms with Crippen LogP contribution in [0, 0.1) is 0 Å². The number of ether oxygens (including phenoxy) is 1. The molecule has 0 unspecified atom stereocenters. The number of benzene rings is 1. The third-order valence-electron chi connectivity index (χ3n) is 5.21. The Morgan fingerprint density at radius 3 is 2.87 bits per heavy atom. The lowest BCUT2D eigenvalue weighted by molar-refractivity contribution is 0.0468. The zero-order valence-electron chi connectivity index (χ0n) is 17.1. The van der Waals surface area contributed by atoms with Crippen LogP contribution in [-0.2, 0) is 21.4 Å². The van der Waals surface area contributed by atoms with E-state index in [0.717, 1.165) is 30.0 Å². The van der Waals surface area contributed by atoms with Gasteiger partial charge < -0.3 is 4.74 Å². The maximum Gasteiger partial charge on any atom is 0.338 e. The summed E-state index contributed by atoms with van der Waals surface area (Å²) in [7, 11) is -3.65. The second-order valence-electron chi connectivity index (χ2n) is 7.42. The molecule has 31 heavy (non-hydrogen) atoms. The molecule has 1 aromatic carbocycles. The number of carbonyl (C=O) groups excluding carboxylic acids is 1. The number of nitrogens with zero attached hydrogens (tertiary/aromatic N) is 3. The topological polar surface area (TPSA) is 89.5 Å². The molecule has 1 saturated heterocycles. The van der Waals surface area contributed by atoms with E-state index < -0.39 is 16.0 Å². The van der Waals surface area contributed by atoms with Gasteiger partial charge in [-0.1, -0.05) is 18.6 Å². The highest BCUT2D eigenvalue weighted by Gasteiger charge is 2.31. The Morgan fingerprint density at radius 2 is 2.10 bits per heavy atom. The van der Waals surface area contributed by atoms with Crippen molar-refractivity contribution in [1.29, 1.82) is 0 Å². The number of piperidine rings is 1. The third-order valence-corrected chi connectivity index (χ3v) is 8.13. The van der Waals surface area contributed by atoms with Gasteiger partial charge in [-0.05, 0) is 50.1 Å². The molecule has 0 radical (unpaired) electrons. The van der Waals surface area contributed by atoms with Crippen molar-refractivity contribution in [3.8, 4) is 10.7 Å². The summed E-state index contributed by atoms with van der Waals surface area (Å²) in [5.74, 6) is -0.587. The summed E-state index contributed by atoms with van der Waals surface area (Å²) in [5, 5.41) is 2.56. The van der Waals surface area contributed by atoms with E-state index in [1.807, 2.05) is 30.5 Å². The molecule has 0 spiro atoms. The van der Waals surface area contributed by atoms with Crippen LogP contribution >= 0.6 is 11.3 Å². The largest absolute Gasteiger partial charge is 0.456 e. The highest BCUT2D eigenvalue weighted by molar-refractivity contribution is 7.89. The summed E-state index contributed by atoms with van der Waals surface area (Å²) in [5.41, 5.74) is 1.57. The number of rotatable bonds is 6. The lowest BCUT2D eigenvalue weighted by Gasteiger charge is -2.32. The molecule has 0 bridgehead atoms. The van der Waals surface area contributed by atoms with Gasteiger partial charge in [-0.2, -0.15) is 4.31 Å². The number of carbonyl (C=O) groups is 1. The summed E-state index contributed by atoms with van der Waals surface area (Å²) < 4.78 is 33.0. The van der Waals surface area contributed by atoms with Crippen molar-refractivity contribution in [2.45, 2.75) is 43.7 Å². The van der Waals surface area contributed by atoms with Crippen LogP contribution in [0.1, 0.15) is 42.2 Å². The van der Waals surface area contributed by atoms with Crippen LogP contribution in [0.3, 0.4) is 0 Å². The monoisotopic (exact) mass is 457 g/mol. The van der Waals surface area contributed by atoms with Crippen molar-refractivity contribution < 1.29 is 17.9 Å². The second kappa shape index (κ2) is 9.25. The molecule has 3 aromatic rings. The van der Waals surface area contributed by atoms with Gasteiger partial charge >= 0.3 is 5.97 Å². The average molecular weight is 458 g/mol. The fourth-order valence-electron chi connectivity index (χ4n) is 3.55. The first-order valence-electron chi connectivity index (χ1n) is 10.1. The minimum Gasteiger partial charge on any atom is -0.456 e. The van der Waals surface area contributed by atoms with E-state index in [4.69, 9.17) is 4.74 Å². The maximum atomic E-state index is 13.0. The Labute approximate surface area is 185 Å². The Bertz CT molecular complexity index is 1160.